The van der Waals surface area contributed by atoms with E-state index in [4.69, 9.17) is 4.74 Å². The van der Waals surface area contributed by atoms with Crippen molar-refractivity contribution >= 4 is 17.6 Å². The Labute approximate surface area is 112 Å². The standard InChI is InChI=1S/C14H17N3O2/c1-14(2,3)19-12(18)10-4-6-11(7-5-10)17-13-15-8-9-16-13/h4-9H,1-3H3,(H2,15,16,17). The predicted octanol–water partition coefficient (Wildman–Crippen LogP) is 3.11. The van der Waals surface area contributed by atoms with Crippen LogP contribution in [-0.2, 0) is 4.74 Å². The minimum atomic E-state index is -0.484. The van der Waals surface area contributed by atoms with Crippen LogP contribution in [0.4, 0.5) is 11.6 Å². The molecule has 0 unspecified atom stereocenters. The first kappa shape index (κ1) is 13.1. The topological polar surface area (TPSA) is 67.0 Å². The largest absolute Gasteiger partial charge is 0.456 e. The molecule has 2 rings (SSSR count). The molecule has 1 heterocycles. The molecule has 2 aromatic rings. The Hall–Kier alpha value is -2.30. The number of nitrogens with zero attached hydrogens (tertiary/aromatic N) is 1. The van der Waals surface area contributed by atoms with E-state index in [0.717, 1.165) is 5.69 Å². The molecule has 5 heteroatoms. The molecule has 5 nitrogen and oxygen atoms in total. The maximum Gasteiger partial charge on any atom is 0.338 e. The third-order valence-corrected chi connectivity index (χ3v) is 2.28. The van der Waals surface area contributed by atoms with Gasteiger partial charge in [-0.3, -0.25) is 0 Å². The number of benzene rings is 1. The number of aromatic nitrogens is 2. The zero-order chi connectivity index (χ0) is 13.9. The van der Waals surface area contributed by atoms with Crippen LogP contribution in [0.15, 0.2) is 36.7 Å². The lowest BCUT2D eigenvalue weighted by Gasteiger charge is -2.19. The second kappa shape index (κ2) is 5.14. The Morgan fingerprint density at radius 3 is 2.47 bits per heavy atom. The Balaban J connectivity index is 2.04. The van der Waals surface area contributed by atoms with Gasteiger partial charge in [-0.15, -0.1) is 0 Å². The van der Waals surface area contributed by atoms with Crippen molar-refractivity contribution in [3.63, 3.8) is 0 Å². The number of aromatic amines is 1. The molecule has 19 heavy (non-hydrogen) atoms. The molecule has 0 radical (unpaired) electrons. The zero-order valence-corrected chi connectivity index (χ0v) is 11.2. The van der Waals surface area contributed by atoms with Crippen LogP contribution in [0.3, 0.4) is 0 Å². The maximum absolute atomic E-state index is 11.8. The van der Waals surface area contributed by atoms with Crippen molar-refractivity contribution in [1.82, 2.24) is 9.97 Å². The highest BCUT2D eigenvalue weighted by molar-refractivity contribution is 5.90. The number of hydrogen-bond donors (Lipinski definition) is 2. The number of carbonyl (C=O) groups is 1. The van der Waals surface area contributed by atoms with Gasteiger partial charge >= 0.3 is 5.97 Å². The molecule has 1 aromatic carbocycles. The molecule has 0 aliphatic rings. The summed E-state index contributed by atoms with van der Waals surface area (Å²) >= 11 is 0. The third-order valence-electron chi connectivity index (χ3n) is 2.28. The number of imidazole rings is 1. The third kappa shape index (κ3) is 3.84. The van der Waals surface area contributed by atoms with Crippen LogP contribution in [0, 0.1) is 0 Å². The summed E-state index contributed by atoms with van der Waals surface area (Å²) in [6.07, 6.45) is 3.40. The van der Waals surface area contributed by atoms with Crippen LogP contribution in [-0.4, -0.2) is 21.5 Å². The van der Waals surface area contributed by atoms with Gasteiger partial charge in [0, 0.05) is 18.1 Å². The molecule has 0 amide bonds. The van der Waals surface area contributed by atoms with Crippen molar-refractivity contribution in [3.05, 3.63) is 42.2 Å². The number of ether oxygens (including phenoxy) is 1. The predicted molar refractivity (Wildman–Crippen MR) is 73.5 cm³/mol. The Morgan fingerprint density at radius 2 is 1.95 bits per heavy atom. The molecule has 0 spiro atoms. The molecular formula is C14H17N3O2. The summed E-state index contributed by atoms with van der Waals surface area (Å²) in [4.78, 5) is 18.8. The van der Waals surface area contributed by atoms with Gasteiger partial charge < -0.3 is 15.0 Å². The molecule has 1 aromatic heterocycles. The van der Waals surface area contributed by atoms with Crippen molar-refractivity contribution in [3.8, 4) is 0 Å². The Morgan fingerprint density at radius 1 is 1.26 bits per heavy atom. The van der Waals surface area contributed by atoms with Crippen LogP contribution in [0.1, 0.15) is 31.1 Å². The van der Waals surface area contributed by atoms with Crippen molar-refractivity contribution in [1.29, 1.82) is 0 Å². The molecule has 2 N–H and O–H groups in total. The van der Waals surface area contributed by atoms with E-state index < -0.39 is 5.60 Å². The zero-order valence-electron chi connectivity index (χ0n) is 11.2. The van der Waals surface area contributed by atoms with Crippen LogP contribution < -0.4 is 5.32 Å². The number of esters is 1. The minimum Gasteiger partial charge on any atom is -0.456 e. The average molecular weight is 259 g/mol. The molecule has 0 saturated heterocycles. The number of anilines is 2. The van der Waals surface area contributed by atoms with Gasteiger partial charge in [-0.1, -0.05) is 0 Å². The molecule has 0 atom stereocenters. The molecule has 100 valence electrons. The average Bonchev–Trinajstić information content (AvgIpc) is 2.80. The first-order chi connectivity index (χ1) is 8.94. The first-order valence-corrected chi connectivity index (χ1v) is 6.04. The van der Waals surface area contributed by atoms with E-state index in [-0.39, 0.29) is 5.97 Å². The van der Waals surface area contributed by atoms with E-state index in [2.05, 4.69) is 15.3 Å². The van der Waals surface area contributed by atoms with E-state index in [1.54, 1.807) is 24.5 Å². The highest BCUT2D eigenvalue weighted by atomic mass is 16.6. The summed E-state index contributed by atoms with van der Waals surface area (Å²) in [5.41, 5.74) is 0.893. The van der Waals surface area contributed by atoms with Crippen LogP contribution >= 0.6 is 0 Å². The highest BCUT2D eigenvalue weighted by Gasteiger charge is 2.17. The smallest absolute Gasteiger partial charge is 0.338 e. The van der Waals surface area contributed by atoms with Crippen molar-refractivity contribution in [2.45, 2.75) is 26.4 Å². The second-order valence-electron chi connectivity index (χ2n) is 5.14. The molecule has 0 aliphatic heterocycles. The van der Waals surface area contributed by atoms with Gasteiger partial charge in [-0.05, 0) is 45.0 Å². The minimum absolute atomic E-state index is 0.322. The number of H-pyrrole nitrogens is 1. The monoisotopic (exact) mass is 259 g/mol. The fourth-order valence-corrected chi connectivity index (χ4v) is 1.50. The fourth-order valence-electron chi connectivity index (χ4n) is 1.50. The second-order valence-corrected chi connectivity index (χ2v) is 5.14. The number of carbonyl (C=O) groups excluding carboxylic acids is 1. The Bertz CT molecular complexity index is 539. The van der Waals surface area contributed by atoms with E-state index in [1.807, 2.05) is 32.9 Å². The molecule has 0 fully saturated rings. The first-order valence-electron chi connectivity index (χ1n) is 6.04. The molecule has 0 saturated carbocycles. The van der Waals surface area contributed by atoms with E-state index in [9.17, 15) is 4.79 Å². The number of nitrogens with one attached hydrogen (secondary N) is 2. The molecular weight excluding hydrogens is 242 g/mol. The lowest BCUT2D eigenvalue weighted by Crippen LogP contribution is -2.23. The van der Waals surface area contributed by atoms with Crippen LogP contribution in [0.25, 0.3) is 0 Å². The van der Waals surface area contributed by atoms with Gasteiger partial charge in [0.1, 0.15) is 5.60 Å². The van der Waals surface area contributed by atoms with Gasteiger partial charge in [-0.25, -0.2) is 9.78 Å². The number of hydrogen-bond acceptors (Lipinski definition) is 4. The van der Waals surface area contributed by atoms with Gasteiger partial charge in [0.05, 0.1) is 5.56 Å². The summed E-state index contributed by atoms with van der Waals surface area (Å²) < 4.78 is 5.29. The summed E-state index contributed by atoms with van der Waals surface area (Å²) in [5, 5.41) is 3.08. The quantitative estimate of drug-likeness (QED) is 0.831. The van der Waals surface area contributed by atoms with Gasteiger partial charge in [0.25, 0.3) is 0 Å². The SMILES string of the molecule is CC(C)(C)OC(=O)c1ccc(Nc2ncc[nH]2)cc1. The maximum atomic E-state index is 11.8. The summed E-state index contributed by atoms with van der Waals surface area (Å²) in [7, 11) is 0. The normalized spacial score (nSPS) is 11.1. The number of rotatable bonds is 3. The van der Waals surface area contributed by atoms with E-state index in [1.165, 1.54) is 0 Å². The van der Waals surface area contributed by atoms with Gasteiger partial charge in [0.15, 0.2) is 0 Å². The van der Waals surface area contributed by atoms with Crippen molar-refractivity contribution in [2.24, 2.45) is 0 Å². The van der Waals surface area contributed by atoms with E-state index in [0.29, 0.717) is 11.5 Å². The lowest BCUT2D eigenvalue weighted by atomic mass is 10.1. The summed E-state index contributed by atoms with van der Waals surface area (Å²) in [6, 6.07) is 7.06. The van der Waals surface area contributed by atoms with Crippen molar-refractivity contribution in [2.75, 3.05) is 5.32 Å². The van der Waals surface area contributed by atoms with Crippen LogP contribution in [0.5, 0.6) is 0 Å². The fraction of sp³-hybridized carbons (Fsp3) is 0.286. The highest BCUT2D eigenvalue weighted by Crippen LogP contribution is 2.16. The van der Waals surface area contributed by atoms with Crippen molar-refractivity contribution < 1.29 is 9.53 Å². The van der Waals surface area contributed by atoms with Gasteiger partial charge in [0.2, 0.25) is 5.95 Å². The summed E-state index contributed by atoms with van der Waals surface area (Å²) in [5.74, 6) is 0.335. The lowest BCUT2D eigenvalue weighted by molar-refractivity contribution is 0.00696. The van der Waals surface area contributed by atoms with Crippen LogP contribution in [0.2, 0.25) is 0 Å². The summed E-state index contributed by atoms with van der Waals surface area (Å²) in [6.45, 7) is 5.53. The van der Waals surface area contributed by atoms with E-state index >= 15 is 0 Å². The molecule has 0 aliphatic carbocycles. The molecule has 0 bridgehead atoms. The Kier molecular flexibility index (Phi) is 3.55. The van der Waals surface area contributed by atoms with Gasteiger partial charge in [-0.2, -0.15) is 0 Å².